The number of likely N-dealkylation sites (tertiary alicyclic amines) is 1. The molecular formula is C18H22N4O3. The molecule has 7 heteroatoms. The fraction of sp³-hybridized carbons (Fsp3) is 0.389. The minimum absolute atomic E-state index is 0.00240. The lowest BCUT2D eigenvalue weighted by molar-refractivity contribution is -0.384. The first kappa shape index (κ1) is 17.2. The number of benzene rings is 1. The summed E-state index contributed by atoms with van der Waals surface area (Å²) in [5.74, 6) is 1.13. The molecular weight excluding hydrogens is 320 g/mol. The van der Waals surface area contributed by atoms with Gasteiger partial charge in [-0.25, -0.2) is 4.98 Å². The number of hydrogen-bond donors (Lipinski definition) is 1. The van der Waals surface area contributed by atoms with Gasteiger partial charge in [0.25, 0.3) is 0 Å². The highest BCUT2D eigenvalue weighted by Gasteiger charge is 2.24. The van der Waals surface area contributed by atoms with Crippen molar-refractivity contribution in [2.75, 3.05) is 32.1 Å². The van der Waals surface area contributed by atoms with Crippen LogP contribution < -0.4 is 10.1 Å². The number of nitro groups is 1. The molecule has 1 aromatic carbocycles. The van der Waals surface area contributed by atoms with E-state index in [1.54, 1.807) is 19.4 Å². The molecule has 0 saturated carbocycles. The van der Waals surface area contributed by atoms with Crippen molar-refractivity contribution in [1.82, 2.24) is 9.88 Å². The van der Waals surface area contributed by atoms with Gasteiger partial charge in [0, 0.05) is 18.8 Å². The van der Waals surface area contributed by atoms with E-state index in [9.17, 15) is 10.1 Å². The van der Waals surface area contributed by atoms with E-state index < -0.39 is 4.92 Å². The molecule has 7 nitrogen and oxygen atoms in total. The summed E-state index contributed by atoms with van der Waals surface area (Å²) in [7, 11) is 1.65. The number of pyridine rings is 1. The molecule has 1 fully saturated rings. The van der Waals surface area contributed by atoms with Crippen LogP contribution in [0.25, 0.3) is 0 Å². The Balaban J connectivity index is 1.79. The zero-order chi connectivity index (χ0) is 17.6. The molecule has 3 rings (SSSR count). The third-order valence-corrected chi connectivity index (χ3v) is 4.53. The number of nitrogens with zero attached hydrogens (tertiary/aromatic N) is 3. The number of ether oxygens (including phenoxy) is 1. The van der Waals surface area contributed by atoms with Gasteiger partial charge in [0.05, 0.1) is 18.1 Å². The van der Waals surface area contributed by atoms with Crippen LogP contribution in [0.2, 0.25) is 0 Å². The van der Waals surface area contributed by atoms with Crippen molar-refractivity contribution in [2.45, 2.75) is 18.9 Å². The summed E-state index contributed by atoms with van der Waals surface area (Å²) < 4.78 is 5.23. The van der Waals surface area contributed by atoms with Crippen molar-refractivity contribution in [1.29, 1.82) is 0 Å². The molecule has 1 saturated heterocycles. The molecule has 0 spiro atoms. The van der Waals surface area contributed by atoms with E-state index in [2.05, 4.69) is 27.3 Å². The molecule has 0 unspecified atom stereocenters. The average molecular weight is 342 g/mol. The summed E-state index contributed by atoms with van der Waals surface area (Å²) in [4.78, 5) is 17.3. The van der Waals surface area contributed by atoms with E-state index in [-0.39, 0.29) is 11.7 Å². The van der Waals surface area contributed by atoms with Gasteiger partial charge in [-0.3, -0.25) is 15.0 Å². The molecule has 2 heterocycles. The van der Waals surface area contributed by atoms with Gasteiger partial charge in [0.15, 0.2) is 0 Å². The molecule has 0 amide bonds. The summed E-state index contributed by atoms with van der Waals surface area (Å²) in [6, 6.07) is 11.2. The van der Waals surface area contributed by atoms with Gasteiger partial charge in [-0.1, -0.05) is 12.1 Å². The van der Waals surface area contributed by atoms with E-state index in [0.29, 0.717) is 12.4 Å². The third-order valence-electron chi connectivity index (χ3n) is 4.53. The fourth-order valence-corrected chi connectivity index (χ4v) is 3.21. The molecule has 1 aliphatic rings. The highest BCUT2D eigenvalue weighted by molar-refractivity contribution is 5.55. The highest BCUT2D eigenvalue weighted by atomic mass is 16.6. The number of aromatic nitrogens is 1. The van der Waals surface area contributed by atoms with Gasteiger partial charge in [-0.15, -0.1) is 0 Å². The summed E-state index contributed by atoms with van der Waals surface area (Å²) in [5.41, 5.74) is 1.16. The lowest BCUT2D eigenvalue weighted by Crippen LogP contribution is -2.31. The SMILES string of the molecule is COc1ccc([C@H](CNc2ncccc2[N+](=O)[O-])N2CCCC2)cc1. The summed E-state index contributed by atoms with van der Waals surface area (Å²) in [5, 5.41) is 14.3. The lowest BCUT2D eigenvalue weighted by atomic mass is 10.1. The number of nitrogens with one attached hydrogen (secondary N) is 1. The summed E-state index contributed by atoms with van der Waals surface area (Å²) in [6.07, 6.45) is 3.92. The molecule has 132 valence electrons. The maximum absolute atomic E-state index is 11.2. The zero-order valence-corrected chi connectivity index (χ0v) is 14.2. The Kier molecular flexibility index (Phi) is 5.45. The second-order valence-electron chi connectivity index (χ2n) is 6.04. The first-order valence-corrected chi connectivity index (χ1v) is 8.40. The fourth-order valence-electron chi connectivity index (χ4n) is 3.21. The molecule has 0 radical (unpaired) electrons. The van der Waals surface area contributed by atoms with E-state index in [1.807, 2.05) is 12.1 Å². The monoisotopic (exact) mass is 342 g/mol. The average Bonchev–Trinajstić information content (AvgIpc) is 3.17. The lowest BCUT2D eigenvalue weighted by Gasteiger charge is -2.28. The Hall–Kier alpha value is -2.67. The van der Waals surface area contributed by atoms with Crippen molar-refractivity contribution in [3.63, 3.8) is 0 Å². The van der Waals surface area contributed by atoms with Crippen LogP contribution in [0.15, 0.2) is 42.6 Å². The largest absolute Gasteiger partial charge is 0.497 e. The molecule has 0 bridgehead atoms. The van der Waals surface area contributed by atoms with Crippen molar-refractivity contribution >= 4 is 11.5 Å². The predicted molar refractivity (Wildman–Crippen MR) is 95.9 cm³/mol. The Morgan fingerprint density at radius 1 is 1.28 bits per heavy atom. The van der Waals surface area contributed by atoms with Crippen molar-refractivity contribution in [3.05, 3.63) is 58.3 Å². The molecule has 0 aliphatic carbocycles. The molecule has 2 aromatic rings. The van der Waals surface area contributed by atoms with Gasteiger partial charge in [0.2, 0.25) is 5.82 Å². The van der Waals surface area contributed by atoms with Crippen LogP contribution in [0.3, 0.4) is 0 Å². The number of hydrogen-bond acceptors (Lipinski definition) is 6. The predicted octanol–water partition coefficient (Wildman–Crippen LogP) is 3.25. The number of rotatable bonds is 7. The van der Waals surface area contributed by atoms with E-state index in [0.717, 1.165) is 24.4 Å². The highest BCUT2D eigenvalue weighted by Crippen LogP contribution is 2.28. The van der Waals surface area contributed by atoms with Crippen LogP contribution >= 0.6 is 0 Å². The minimum atomic E-state index is -0.409. The van der Waals surface area contributed by atoms with Crippen molar-refractivity contribution in [2.24, 2.45) is 0 Å². The molecule has 25 heavy (non-hydrogen) atoms. The van der Waals surface area contributed by atoms with Crippen molar-refractivity contribution in [3.8, 4) is 5.75 Å². The van der Waals surface area contributed by atoms with Crippen LogP contribution in [-0.4, -0.2) is 41.6 Å². The van der Waals surface area contributed by atoms with Gasteiger partial charge in [-0.2, -0.15) is 0 Å². The Morgan fingerprint density at radius 2 is 2.00 bits per heavy atom. The van der Waals surface area contributed by atoms with Gasteiger partial charge in [0.1, 0.15) is 5.75 Å². The smallest absolute Gasteiger partial charge is 0.311 e. The van der Waals surface area contributed by atoms with Crippen LogP contribution in [0.4, 0.5) is 11.5 Å². The summed E-state index contributed by atoms with van der Waals surface area (Å²) in [6.45, 7) is 2.62. The first-order valence-electron chi connectivity index (χ1n) is 8.40. The Morgan fingerprint density at radius 3 is 2.64 bits per heavy atom. The Bertz CT molecular complexity index is 715. The quantitative estimate of drug-likeness (QED) is 0.614. The Labute approximate surface area is 146 Å². The van der Waals surface area contributed by atoms with Crippen LogP contribution in [0.5, 0.6) is 5.75 Å². The first-order chi connectivity index (χ1) is 12.2. The van der Waals surface area contributed by atoms with Gasteiger partial charge >= 0.3 is 5.69 Å². The maximum atomic E-state index is 11.2. The van der Waals surface area contributed by atoms with E-state index >= 15 is 0 Å². The van der Waals surface area contributed by atoms with Gasteiger partial charge in [-0.05, 0) is 49.7 Å². The molecule has 1 N–H and O–H groups in total. The number of methoxy groups -OCH3 is 1. The molecule has 1 aromatic heterocycles. The van der Waals surface area contributed by atoms with Crippen LogP contribution in [0.1, 0.15) is 24.4 Å². The molecule has 1 atom stereocenters. The second kappa shape index (κ2) is 7.94. The van der Waals surface area contributed by atoms with E-state index in [4.69, 9.17) is 4.74 Å². The van der Waals surface area contributed by atoms with Gasteiger partial charge < -0.3 is 10.1 Å². The molecule has 1 aliphatic heterocycles. The van der Waals surface area contributed by atoms with E-state index in [1.165, 1.54) is 18.9 Å². The normalized spacial score (nSPS) is 15.7. The second-order valence-corrected chi connectivity index (χ2v) is 6.04. The van der Waals surface area contributed by atoms with Crippen LogP contribution in [0, 0.1) is 10.1 Å². The van der Waals surface area contributed by atoms with Crippen LogP contribution in [-0.2, 0) is 0 Å². The van der Waals surface area contributed by atoms with Crippen molar-refractivity contribution < 1.29 is 9.66 Å². The minimum Gasteiger partial charge on any atom is -0.497 e. The topological polar surface area (TPSA) is 80.5 Å². The maximum Gasteiger partial charge on any atom is 0.311 e. The number of anilines is 1. The zero-order valence-electron chi connectivity index (χ0n) is 14.2. The third kappa shape index (κ3) is 4.06. The standard InChI is InChI=1S/C18H22N4O3/c1-25-15-8-6-14(7-9-15)17(21-11-2-3-12-21)13-20-18-16(22(23)24)5-4-10-19-18/h4-10,17H,2-3,11-13H2,1H3,(H,19,20)/t17-/m0/s1. The summed E-state index contributed by atoms with van der Waals surface area (Å²) >= 11 is 0.